The standard InChI is InChI=1S/C14H26N2O2/c1-2-3-4-5-6-7-8-9-10-11-12-16-13-14(17)18-15-16/h13H,2-12H2,1H3. The quantitative estimate of drug-likeness (QED) is 0.450. The van der Waals surface area contributed by atoms with E-state index in [0.717, 1.165) is 13.0 Å². The van der Waals surface area contributed by atoms with Gasteiger partial charge in [-0.3, -0.25) is 0 Å². The highest BCUT2D eigenvalue weighted by molar-refractivity contribution is 4.80. The van der Waals surface area contributed by atoms with Gasteiger partial charge in [-0.25, -0.2) is 0 Å². The van der Waals surface area contributed by atoms with Gasteiger partial charge in [-0.1, -0.05) is 63.0 Å². The highest BCUT2D eigenvalue weighted by atomic mass is 16.6. The van der Waals surface area contributed by atoms with Gasteiger partial charge in [0, 0.05) is 6.42 Å². The third-order valence-corrected chi connectivity index (χ3v) is 3.23. The van der Waals surface area contributed by atoms with Crippen LogP contribution in [0, 0.1) is 0 Å². The Morgan fingerprint density at radius 3 is 2.06 bits per heavy atom. The molecule has 4 heteroatoms. The van der Waals surface area contributed by atoms with Gasteiger partial charge in [0.2, 0.25) is 6.20 Å². The van der Waals surface area contributed by atoms with Gasteiger partial charge in [-0.05, 0) is 6.42 Å². The van der Waals surface area contributed by atoms with Crippen molar-refractivity contribution in [3.05, 3.63) is 6.20 Å². The third kappa shape index (κ3) is 7.30. The first kappa shape index (κ1) is 15.0. The van der Waals surface area contributed by atoms with Gasteiger partial charge in [0.25, 0.3) is 0 Å². The van der Waals surface area contributed by atoms with E-state index in [1.54, 1.807) is 4.68 Å². The summed E-state index contributed by atoms with van der Waals surface area (Å²) in [5.41, 5.74) is 0. The average molecular weight is 254 g/mol. The SMILES string of the molecule is CCCCCCCCCCCC[n+]1cc([O-])on1. The Hall–Kier alpha value is -1.06. The van der Waals surface area contributed by atoms with Crippen LogP contribution in [0.4, 0.5) is 0 Å². The largest absolute Gasteiger partial charge is 0.539 e. The molecule has 0 bridgehead atoms. The molecular formula is C14H26N2O2. The molecular weight excluding hydrogens is 228 g/mol. The van der Waals surface area contributed by atoms with Crippen molar-refractivity contribution in [3.63, 3.8) is 0 Å². The van der Waals surface area contributed by atoms with Crippen LogP contribution in [0.15, 0.2) is 10.7 Å². The molecule has 0 N–H and O–H groups in total. The lowest BCUT2D eigenvalue weighted by atomic mass is 10.1. The van der Waals surface area contributed by atoms with E-state index in [0.29, 0.717) is 0 Å². The molecule has 0 spiro atoms. The lowest BCUT2D eigenvalue weighted by Crippen LogP contribution is -2.34. The molecule has 4 nitrogen and oxygen atoms in total. The fraction of sp³-hybridized carbons (Fsp3) is 0.857. The summed E-state index contributed by atoms with van der Waals surface area (Å²) in [5, 5.41) is 14.3. The second-order valence-electron chi connectivity index (χ2n) is 4.97. The summed E-state index contributed by atoms with van der Waals surface area (Å²) in [6.45, 7) is 3.05. The zero-order chi connectivity index (χ0) is 13.1. The van der Waals surface area contributed by atoms with E-state index in [4.69, 9.17) is 0 Å². The number of aromatic nitrogens is 2. The molecule has 0 radical (unpaired) electrons. The summed E-state index contributed by atoms with van der Waals surface area (Å²) >= 11 is 0. The molecule has 18 heavy (non-hydrogen) atoms. The molecule has 104 valence electrons. The van der Waals surface area contributed by atoms with Crippen molar-refractivity contribution in [1.29, 1.82) is 0 Å². The summed E-state index contributed by atoms with van der Waals surface area (Å²) in [5.74, 6) is -0.359. The van der Waals surface area contributed by atoms with Crippen molar-refractivity contribution in [2.24, 2.45) is 0 Å². The van der Waals surface area contributed by atoms with Crippen LogP contribution in [0.3, 0.4) is 0 Å². The van der Waals surface area contributed by atoms with E-state index in [1.165, 1.54) is 64.0 Å². The predicted molar refractivity (Wildman–Crippen MR) is 68.0 cm³/mol. The number of hydrogen-bond acceptors (Lipinski definition) is 3. The average Bonchev–Trinajstić information content (AvgIpc) is 2.77. The van der Waals surface area contributed by atoms with Crippen LogP contribution in [-0.2, 0) is 6.54 Å². The second-order valence-corrected chi connectivity index (χ2v) is 4.97. The van der Waals surface area contributed by atoms with E-state index in [-0.39, 0.29) is 5.95 Å². The Kier molecular flexibility index (Phi) is 8.26. The van der Waals surface area contributed by atoms with Crippen molar-refractivity contribution >= 4 is 0 Å². The fourth-order valence-corrected chi connectivity index (χ4v) is 2.13. The molecule has 0 aliphatic carbocycles. The Balaban J connectivity index is 1.81. The van der Waals surface area contributed by atoms with Gasteiger partial charge in [0.15, 0.2) is 6.54 Å². The Bertz CT molecular complexity index is 300. The summed E-state index contributed by atoms with van der Waals surface area (Å²) in [7, 11) is 0. The molecule has 0 saturated heterocycles. The van der Waals surface area contributed by atoms with Gasteiger partial charge in [0.1, 0.15) is 5.95 Å². The molecule has 0 amide bonds. The van der Waals surface area contributed by atoms with Crippen LogP contribution >= 0.6 is 0 Å². The molecule has 0 fully saturated rings. The minimum atomic E-state index is -0.359. The predicted octanol–water partition coefficient (Wildman–Crippen LogP) is 2.96. The van der Waals surface area contributed by atoms with Gasteiger partial charge >= 0.3 is 0 Å². The number of unbranched alkanes of at least 4 members (excludes halogenated alkanes) is 9. The zero-order valence-corrected chi connectivity index (χ0v) is 11.6. The van der Waals surface area contributed by atoms with E-state index in [9.17, 15) is 5.11 Å². The maximum absolute atomic E-state index is 10.7. The summed E-state index contributed by atoms with van der Waals surface area (Å²) in [6.07, 6.45) is 14.6. The van der Waals surface area contributed by atoms with E-state index in [1.807, 2.05) is 0 Å². The van der Waals surface area contributed by atoms with Crippen molar-refractivity contribution in [1.82, 2.24) is 5.27 Å². The van der Waals surface area contributed by atoms with Crippen molar-refractivity contribution in [2.45, 2.75) is 77.7 Å². The second kappa shape index (κ2) is 9.92. The molecule has 0 aliphatic rings. The Labute approximate surface area is 110 Å². The maximum Gasteiger partial charge on any atom is 0.221 e. The van der Waals surface area contributed by atoms with Crippen LogP contribution in [0.25, 0.3) is 0 Å². The number of nitrogens with zero attached hydrogens (tertiary/aromatic N) is 2. The molecule has 0 aliphatic heterocycles. The van der Waals surface area contributed by atoms with E-state index < -0.39 is 0 Å². The Morgan fingerprint density at radius 2 is 1.56 bits per heavy atom. The maximum atomic E-state index is 10.7. The third-order valence-electron chi connectivity index (χ3n) is 3.23. The lowest BCUT2D eigenvalue weighted by Gasteiger charge is -2.00. The molecule has 0 aromatic carbocycles. The normalized spacial score (nSPS) is 10.9. The smallest absolute Gasteiger partial charge is 0.221 e. The summed E-state index contributed by atoms with van der Waals surface area (Å²) in [4.78, 5) is 0. The van der Waals surface area contributed by atoms with Crippen molar-refractivity contribution in [2.75, 3.05) is 0 Å². The summed E-state index contributed by atoms with van der Waals surface area (Å²) < 4.78 is 6.05. The highest BCUT2D eigenvalue weighted by Gasteiger charge is 2.02. The van der Waals surface area contributed by atoms with E-state index >= 15 is 0 Å². The molecule has 0 atom stereocenters. The molecule has 0 saturated carbocycles. The Morgan fingerprint density at radius 1 is 1.00 bits per heavy atom. The van der Waals surface area contributed by atoms with Gasteiger partial charge in [-0.2, -0.15) is 0 Å². The first-order valence-electron chi connectivity index (χ1n) is 7.36. The first-order valence-corrected chi connectivity index (χ1v) is 7.36. The number of rotatable bonds is 11. The van der Waals surface area contributed by atoms with Crippen LogP contribution in [0.2, 0.25) is 0 Å². The lowest BCUT2D eigenvalue weighted by molar-refractivity contribution is -0.762. The molecule has 1 aromatic heterocycles. The zero-order valence-electron chi connectivity index (χ0n) is 11.6. The van der Waals surface area contributed by atoms with Gasteiger partial charge in [0.05, 0.1) is 5.27 Å². The fourth-order valence-electron chi connectivity index (χ4n) is 2.13. The minimum Gasteiger partial charge on any atom is -0.539 e. The summed E-state index contributed by atoms with van der Waals surface area (Å²) in [6, 6.07) is 0. The van der Waals surface area contributed by atoms with Gasteiger partial charge < -0.3 is 9.63 Å². The van der Waals surface area contributed by atoms with Crippen molar-refractivity contribution in [3.8, 4) is 5.95 Å². The van der Waals surface area contributed by atoms with Crippen LogP contribution in [-0.4, -0.2) is 5.27 Å². The van der Waals surface area contributed by atoms with E-state index in [2.05, 4.69) is 16.7 Å². The monoisotopic (exact) mass is 254 g/mol. The molecule has 1 aromatic rings. The topological polar surface area (TPSA) is 53.0 Å². The minimum absolute atomic E-state index is 0.359. The van der Waals surface area contributed by atoms with Crippen LogP contribution in [0.5, 0.6) is 5.95 Å². The number of hydrogen-bond donors (Lipinski definition) is 0. The van der Waals surface area contributed by atoms with Crippen molar-refractivity contribution < 1.29 is 14.3 Å². The van der Waals surface area contributed by atoms with Gasteiger partial charge in [-0.15, -0.1) is 0 Å². The molecule has 0 unspecified atom stereocenters. The number of aryl methyl sites for hydroxylation is 1. The van der Waals surface area contributed by atoms with Crippen LogP contribution < -0.4 is 9.79 Å². The van der Waals surface area contributed by atoms with Crippen LogP contribution in [0.1, 0.15) is 71.1 Å². The first-order chi connectivity index (χ1) is 8.83. The molecule has 1 heterocycles. The highest BCUT2D eigenvalue weighted by Crippen LogP contribution is 2.10. The molecule has 1 rings (SSSR count).